The van der Waals surface area contributed by atoms with Crippen molar-refractivity contribution in [2.45, 2.75) is 29.7 Å². The van der Waals surface area contributed by atoms with Gasteiger partial charge in [-0.15, -0.1) is 0 Å². The van der Waals surface area contributed by atoms with E-state index in [1.54, 1.807) is 18.9 Å². The fourth-order valence-electron chi connectivity index (χ4n) is 1.96. The Morgan fingerprint density at radius 2 is 2.00 bits per heavy atom. The van der Waals surface area contributed by atoms with Gasteiger partial charge in [0.25, 0.3) is 0 Å². The summed E-state index contributed by atoms with van der Waals surface area (Å²) in [4.78, 5) is 2.21. The first kappa shape index (κ1) is 16.2. The van der Waals surface area contributed by atoms with Gasteiger partial charge in [-0.25, -0.2) is 0 Å². The quantitative estimate of drug-likeness (QED) is 0.725. The highest BCUT2D eigenvalue weighted by atomic mass is 35.5. The highest BCUT2D eigenvalue weighted by Gasteiger charge is 2.06. The first-order valence-electron chi connectivity index (χ1n) is 7.04. The minimum atomic E-state index is 0.804. The highest BCUT2D eigenvalue weighted by Crippen LogP contribution is 2.36. The van der Waals surface area contributed by atoms with Crippen molar-refractivity contribution in [2.24, 2.45) is 0 Å². The van der Waals surface area contributed by atoms with E-state index in [2.05, 4.69) is 24.4 Å². The third kappa shape index (κ3) is 4.67. The van der Waals surface area contributed by atoms with Gasteiger partial charge in [-0.05, 0) is 42.8 Å². The summed E-state index contributed by atoms with van der Waals surface area (Å²) in [5.41, 5.74) is 1.13. The average Bonchev–Trinajstić information content (AvgIpc) is 2.50. The van der Waals surface area contributed by atoms with Crippen molar-refractivity contribution >= 4 is 23.4 Å². The van der Waals surface area contributed by atoms with E-state index in [1.165, 1.54) is 0 Å². The standard InChI is InChI=1S/C17H20ClNOS/c1-3-10-19-12-13-8-9-14(11-15(13)18)21-17-7-5-4-6-16(17)20-2/h4-9,11,19H,3,10,12H2,1-2H3. The summed E-state index contributed by atoms with van der Waals surface area (Å²) in [6.45, 7) is 3.97. The van der Waals surface area contributed by atoms with Crippen LogP contribution in [-0.2, 0) is 6.54 Å². The zero-order chi connectivity index (χ0) is 15.1. The maximum Gasteiger partial charge on any atom is 0.132 e. The third-order valence-electron chi connectivity index (χ3n) is 3.06. The van der Waals surface area contributed by atoms with E-state index in [9.17, 15) is 0 Å². The molecule has 0 atom stereocenters. The molecule has 0 unspecified atom stereocenters. The zero-order valence-corrected chi connectivity index (χ0v) is 13.9. The van der Waals surface area contributed by atoms with Gasteiger partial charge in [-0.3, -0.25) is 0 Å². The van der Waals surface area contributed by atoms with Gasteiger partial charge in [0.1, 0.15) is 5.75 Å². The number of halogens is 1. The summed E-state index contributed by atoms with van der Waals surface area (Å²) in [7, 11) is 1.69. The summed E-state index contributed by atoms with van der Waals surface area (Å²) < 4.78 is 5.37. The molecule has 0 fully saturated rings. The molecule has 2 aromatic carbocycles. The Hall–Kier alpha value is -1.16. The van der Waals surface area contributed by atoms with Crippen molar-refractivity contribution in [1.29, 1.82) is 0 Å². The van der Waals surface area contributed by atoms with Crippen molar-refractivity contribution in [3.8, 4) is 5.75 Å². The van der Waals surface area contributed by atoms with Crippen LogP contribution < -0.4 is 10.1 Å². The minimum Gasteiger partial charge on any atom is -0.496 e. The molecule has 0 aliphatic heterocycles. The number of rotatable bonds is 7. The molecule has 0 amide bonds. The van der Waals surface area contributed by atoms with E-state index in [-0.39, 0.29) is 0 Å². The van der Waals surface area contributed by atoms with Gasteiger partial charge in [0, 0.05) is 16.5 Å². The lowest BCUT2D eigenvalue weighted by atomic mass is 10.2. The van der Waals surface area contributed by atoms with Crippen LogP contribution in [0.2, 0.25) is 5.02 Å². The lowest BCUT2D eigenvalue weighted by Crippen LogP contribution is -2.13. The van der Waals surface area contributed by atoms with Gasteiger partial charge in [0.2, 0.25) is 0 Å². The monoisotopic (exact) mass is 321 g/mol. The van der Waals surface area contributed by atoms with Gasteiger partial charge in [0.15, 0.2) is 0 Å². The molecule has 1 N–H and O–H groups in total. The summed E-state index contributed by atoms with van der Waals surface area (Å²) in [5, 5.41) is 4.17. The molecule has 0 saturated carbocycles. The molecule has 21 heavy (non-hydrogen) atoms. The van der Waals surface area contributed by atoms with Crippen molar-refractivity contribution in [3.05, 3.63) is 53.1 Å². The maximum absolute atomic E-state index is 6.36. The number of para-hydroxylation sites is 1. The van der Waals surface area contributed by atoms with Gasteiger partial charge < -0.3 is 10.1 Å². The van der Waals surface area contributed by atoms with Crippen LogP contribution in [0.15, 0.2) is 52.3 Å². The summed E-state index contributed by atoms with van der Waals surface area (Å²) in [5.74, 6) is 0.882. The van der Waals surface area contributed by atoms with E-state index in [0.717, 1.165) is 45.6 Å². The molecule has 2 nitrogen and oxygen atoms in total. The highest BCUT2D eigenvalue weighted by molar-refractivity contribution is 7.99. The number of hydrogen-bond acceptors (Lipinski definition) is 3. The van der Waals surface area contributed by atoms with E-state index < -0.39 is 0 Å². The van der Waals surface area contributed by atoms with Gasteiger partial charge in [-0.1, -0.05) is 48.5 Å². The van der Waals surface area contributed by atoms with Crippen molar-refractivity contribution in [1.82, 2.24) is 5.32 Å². The van der Waals surface area contributed by atoms with Crippen LogP contribution in [0.5, 0.6) is 5.75 Å². The molecule has 2 rings (SSSR count). The van der Waals surface area contributed by atoms with Crippen LogP contribution >= 0.6 is 23.4 Å². The number of methoxy groups -OCH3 is 1. The first-order chi connectivity index (χ1) is 10.2. The molecule has 112 valence electrons. The van der Waals surface area contributed by atoms with Crippen molar-refractivity contribution in [3.63, 3.8) is 0 Å². The first-order valence-corrected chi connectivity index (χ1v) is 8.24. The summed E-state index contributed by atoms with van der Waals surface area (Å²) in [6.07, 6.45) is 1.12. The van der Waals surface area contributed by atoms with E-state index >= 15 is 0 Å². The normalized spacial score (nSPS) is 10.6. The molecule has 2 aromatic rings. The van der Waals surface area contributed by atoms with Crippen LogP contribution in [0.25, 0.3) is 0 Å². The number of ether oxygens (including phenoxy) is 1. The second-order valence-corrected chi connectivity index (χ2v) is 6.21. The third-order valence-corrected chi connectivity index (χ3v) is 4.46. The topological polar surface area (TPSA) is 21.3 Å². The fourth-order valence-corrected chi connectivity index (χ4v) is 3.24. The Balaban J connectivity index is 2.09. The molecular formula is C17H20ClNOS. The van der Waals surface area contributed by atoms with Crippen LogP contribution in [0.1, 0.15) is 18.9 Å². The SMILES string of the molecule is CCCNCc1ccc(Sc2ccccc2OC)cc1Cl. The van der Waals surface area contributed by atoms with E-state index in [1.807, 2.05) is 30.3 Å². The molecular weight excluding hydrogens is 302 g/mol. The smallest absolute Gasteiger partial charge is 0.132 e. The second kappa shape index (κ2) is 8.32. The number of hydrogen-bond donors (Lipinski definition) is 1. The average molecular weight is 322 g/mol. The Morgan fingerprint density at radius 3 is 2.71 bits per heavy atom. The molecule has 0 heterocycles. The summed E-state index contributed by atoms with van der Waals surface area (Å²) >= 11 is 8.02. The molecule has 0 aliphatic carbocycles. The molecule has 0 spiro atoms. The van der Waals surface area contributed by atoms with Gasteiger partial charge in [-0.2, -0.15) is 0 Å². The Labute approximate surface area is 135 Å². The minimum absolute atomic E-state index is 0.804. The van der Waals surface area contributed by atoms with Crippen LogP contribution in [-0.4, -0.2) is 13.7 Å². The number of benzene rings is 2. The van der Waals surface area contributed by atoms with Crippen molar-refractivity contribution < 1.29 is 4.74 Å². The Morgan fingerprint density at radius 1 is 1.19 bits per heavy atom. The zero-order valence-electron chi connectivity index (χ0n) is 12.4. The van der Waals surface area contributed by atoms with Crippen LogP contribution in [0.3, 0.4) is 0 Å². The van der Waals surface area contributed by atoms with Crippen LogP contribution in [0.4, 0.5) is 0 Å². The lowest BCUT2D eigenvalue weighted by Gasteiger charge is -2.10. The molecule has 4 heteroatoms. The van der Waals surface area contributed by atoms with E-state index in [4.69, 9.17) is 16.3 Å². The summed E-state index contributed by atoms with van der Waals surface area (Å²) in [6, 6.07) is 14.2. The Kier molecular flexibility index (Phi) is 6.43. The van der Waals surface area contributed by atoms with Gasteiger partial charge >= 0.3 is 0 Å². The molecule has 0 aliphatic rings. The molecule has 0 saturated heterocycles. The molecule has 0 aromatic heterocycles. The van der Waals surface area contributed by atoms with Crippen molar-refractivity contribution in [2.75, 3.05) is 13.7 Å². The predicted octanol–water partition coefficient (Wildman–Crippen LogP) is 5.00. The predicted molar refractivity (Wildman–Crippen MR) is 90.6 cm³/mol. The molecule has 0 bridgehead atoms. The maximum atomic E-state index is 6.36. The second-order valence-electron chi connectivity index (χ2n) is 4.68. The van der Waals surface area contributed by atoms with Crippen LogP contribution in [0, 0.1) is 0 Å². The lowest BCUT2D eigenvalue weighted by molar-refractivity contribution is 0.405. The Bertz CT molecular complexity index is 589. The van der Waals surface area contributed by atoms with E-state index in [0.29, 0.717) is 0 Å². The van der Waals surface area contributed by atoms with Gasteiger partial charge in [0.05, 0.1) is 12.0 Å². The number of nitrogens with one attached hydrogen (secondary N) is 1. The fraction of sp³-hybridized carbons (Fsp3) is 0.294. The largest absolute Gasteiger partial charge is 0.496 e. The molecule has 0 radical (unpaired) electrons.